The lowest BCUT2D eigenvalue weighted by Gasteiger charge is -2.21. The zero-order valence-electron chi connectivity index (χ0n) is 59.9. The fraction of sp³-hybridized carbons (Fsp3) is 0.945. The quantitative estimate of drug-likeness (QED) is 0.0222. The topological polar surface area (TPSA) is 237 Å². The molecule has 546 valence electrons. The van der Waals surface area contributed by atoms with Gasteiger partial charge in [0, 0.05) is 25.7 Å². The highest BCUT2D eigenvalue weighted by Gasteiger charge is 2.30. The Labute approximate surface area is 562 Å². The van der Waals surface area contributed by atoms with Crippen LogP contribution >= 0.6 is 15.6 Å². The second-order valence-electron chi connectivity index (χ2n) is 27.3. The Morgan fingerprint density at radius 1 is 0.293 bits per heavy atom. The molecule has 0 radical (unpaired) electrons. The van der Waals surface area contributed by atoms with E-state index in [0.717, 1.165) is 102 Å². The van der Waals surface area contributed by atoms with Gasteiger partial charge in [0.2, 0.25) is 0 Å². The average molecular weight is 1350 g/mol. The minimum absolute atomic E-state index is 0.106. The van der Waals surface area contributed by atoms with Crippen LogP contribution in [0.1, 0.15) is 375 Å². The van der Waals surface area contributed by atoms with Crippen molar-refractivity contribution in [3.8, 4) is 0 Å². The molecule has 92 heavy (non-hydrogen) atoms. The summed E-state index contributed by atoms with van der Waals surface area (Å²) in [5.41, 5.74) is 0. The van der Waals surface area contributed by atoms with E-state index in [1.54, 1.807) is 0 Å². The van der Waals surface area contributed by atoms with Crippen LogP contribution in [0.5, 0.6) is 0 Å². The first-order chi connectivity index (χ1) is 44.4. The number of ether oxygens (including phenoxy) is 4. The van der Waals surface area contributed by atoms with Gasteiger partial charge >= 0.3 is 39.5 Å². The molecule has 0 aromatic heterocycles. The molecule has 17 nitrogen and oxygen atoms in total. The molecule has 0 saturated carbocycles. The number of carbonyl (C=O) groups excluding carboxylic acids is 4. The van der Waals surface area contributed by atoms with Crippen LogP contribution in [0.3, 0.4) is 0 Å². The maximum Gasteiger partial charge on any atom is 0.472 e. The van der Waals surface area contributed by atoms with Gasteiger partial charge in [-0.1, -0.05) is 324 Å². The van der Waals surface area contributed by atoms with E-state index in [1.807, 2.05) is 0 Å². The molecule has 0 amide bonds. The third kappa shape index (κ3) is 66.7. The number of esters is 4. The Morgan fingerprint density at radius 3 is 0.739 bits per heavy atom. The maximum atomic E-state index is 13.1. The number of carbonyl (C=O) groups is 4. The van der Waals surface area contributed by atoms with Gasteiger partial charge in [0.25, 0.3) is 0 Å². The first-order valence-corrected chi connectivity index (χ1v) is 41.0. The highest BCUT2D eigenvalue weighted by molar-refractivity contribution is 7.47. The molecule has 0 bridgehead atoms. The van der Waals surface area contributed by atoms with Crippen molar-refractivity contribution in [3.05, 3.63) is 0 Å². The van der Waals surface area contributed by atoms with Crippen molar-refractivity contribution in [2.75, 3.05) is 39.6 Å². The highest BCUT2D eigenvalue weighted by atomic mass is 31.2. The van der Waals surface area contributed by atoms with E-state index in [0.29, 0.717) is 31.6 Å². The summed E-state index contributed by atoms with van der Waals surface area (Å²) in [6.07, 6.45) is 51.4. The summed E-state index contributed by atoms with van der Waals surface area (Å²) in [5, 5.41) is 10.6. The molecule has 19 heteroatoms. The van der Waals surface area contributed by atoms with Crippen molar-refractivity contribution in [3.63, 3.8) is 0 Å². The van der Waals surface area contributed by atoms with Gasteiger partial charge < -0.3 is 33.8 Å². The third-order valence-electron chi connectivity index (χ3n) is 17.0. The van der Waals surface area contributed by atoms with Gasteiger partial charge in [-0.05, 0) is 37.5 Å². The van der Waals surface area contributed by atoms with E-state index < -0.39 is 97.5 Å². The Bertz CT molecular complexity index is 1790. The summed E-state index contributed by atoms with van der Waals surface area (Å²) >= 11 is 0. The largest absolute Gasteiger partial charge is 0.472 e. The van der Waals surface area contributed by atoms with Crippen molar-refractivity contribution >= 4 is 39.5 Å². The van der Waals surface area contributed by atoms with Crippen molar-refractivity contribution in [1.29, 1.82) is 0 Å². The number of phosphoric acid groups is 2. The van der Waals surface area contributed by atoms with Gasteiger partial charge in [0.05, 0.1) is 26.4 Å². The molecule has 0 aromatic carbocycles. The van der Waals surface area contributed by atoms with Gasteiger partial charge in [-0.2, -0.15) is 0 Å². The Morgan fingerprint density at radius 2 is 0.500 bits per heavy atom. The normalized spacial score (nSPS) is 14.1. The number of unbranched alkanes of at least 4 members (excludes halogenated alkanes) is 42. The predicted octanol–water partition coefficient (Wildman–Crippen LogP) is 21.2. The van der Waals surface area contributed by atoms with Crippen LogP contribution in [0.4, 0.5) is 0 Å². The van der Waals surface area contributed by atoms with E-state index in [-0.39, 0.29) is 25.7 Å². The number of hydrogen-bond acceptors (Lipinski definition) is 15. The lowest BCUT2D eigenvalue weighted by atomic mass is 10.0. The summed E-state index contributed by atoms with van der Waals surface area (Å²) in [6.45, 7) is 9.50. The molecule has 2 unspecified atom stereocenters. The molecule has 0 saturated heterocycles. The van der Waals surface area contributed by atoms with Crippen molar-refractivity contribution in [1.82, 2.24) is 0 Å². The summed E-state index contributed by atoms with van der Waals surface area (Å²) in [4.78, 5) is 72.6. The first-order valence-electron chi connectivity index (χ1n) is 38.0. The molecule has 0 fully saturated rings. The van der Waals surface area contributed by atoms with Gasteiger partial charge in [-0.3, -0.25) is 37.3 Å². The van der Waals surface area contributed by atoms with E-state index in [4.69, 9.17) is 37.0 Å². The zero-order chi connectivity index (χ0) is 67.9. The maximum absolute atomic E-state index is 13.1. The van der Waals surface area contributed by atoms with Crippen LogP contribution < -0.4 is 0 Å². The lowest BCUT2D eigenvalue weighted by Crippen LogP contribution is -2.30. The first kappa shape index (κ1) is 90.1. The molecule has 0 spiro atoms. The predicted molar refractivity (Wildman–Crippen MR) is 372 cm³/mol. The fourth-order valence-corrected chi connectivity index (χ4v) is 12.7. The van der Waals surface area contributed by atoms with E-state index in [2.05, 4.69) is 41.5 Å². The molecule has 0 aromatic rings. The van der Waals surface area contributed by atoms with Crippen molar-refractivity contribution in [2.45, 2.75) is 394 Å². The van der Waals surface area contributed by atoms with Gasteiger partial charge in [0.1, 0.15) is 19.3 Å². The van der Waals surface area contributed by atoms with Crippen LogP contribution in [0.15, 0.2) is 0 Å². The molecule has 0 aliphatic rings. The minimum Gasteiger partial charge on any atom is -0.462 e. The molecule has 3 N–H and O–H groups in total. The molecular formula is C73H142O17P2. The summed E-state index contributed by atoms with van der Waals surface area (Å²) < 4.78 is 68.4. The van der Waals surface area contributed by atoms with Gasteiger partial charge in [-0.15, -0.1) is 0 Å². The van der Waals surface area contributed by atoms with Crippen LogP contribution in [-0.4, -0.2) is 96.7 Å². The number of aliphatic hydroxyl groups excluding tert-OH is 1. The average Bonchev–Trinajstić information content (AvgIpc) is 1.63. The summed E-state index contributed by atoms with van der Waals surface area (Å²) in [7, 11) is -9.90. The Hall–Kier alpha value is -1.94. The van der Waals surface area contributed by atoms with Crippen LogP contribution in [0.25, 0.3) is 0 Å². The van der Waals surface area contributed by atoms with E-state index in [9.17, 15) is 43.2 Å². The number of phosphoric ester groups is 2. The molecule has 5 atom stereocenters. The highest BCUT2D eigenvalue weighted by Crippen LogP contribution is 2.45. The Balaban J connectivity index is 5.23. The second kappa shape index (κ2) is 65.0. The number of aliphatic hydroxyl groups is 1. The zero-order valence-corrected chi connectivity index (χ0v) is 61.6. The monoisotopic (exact) mass is 1350 g/mol. The fourth-order valence-electron chi connectivity index (χ4n) is 11.1. The van der Waals surface area contributed by atoms with E-state index >= 15 is 0 Å². The van der Waals surface area contributed by atoms with Gasteiger partial charge in [-0.25, -0.2) is 9.13 Å². The lowest BCUT2D eigenvalue weighted by molar-refractivity contribution is -0.161. The van der Waals surface area contributed by atoms with Crippen molar-refractivity contribution < 1.29 is 80.2 Å². The molecule has 0 aliphatic carbocycles. The standard InChI is InChI=1S/C73H142O17P2/c1-7-9-11-13-15-17-19-20-21-22-23-24-30-34-38-46-52-58-73(78)89-68(61-83-70(75)55-49-43-36-32-29-26-25-28-31-35-41-47-53-65(3)4)63-87-91(79,80)85-59-67(74)60-86-92(81,82)88-64-69(62-84-71(76)56-50-44-40-39-42-48-54-66(5)6)90-72(77)57-51-45-37-33-27-18-16-14-12-10-8-2/h65-69,74H,7-64H2,1-6H3,(H,79,80)(H,81,82)/t67-,68-,69-/m1/s1. The van der Waals surface area contributed by atoms with Crippen molar-refractivity contribution in [2.24, 2.45) is 11.8 Å². The van der Waals surface area contributed by atoms with E-state index in [1.165, 1.54) is 186 Å². The van der Waals surface area contributed by atoms with Gasteiger partial charge in [0.15, 0.2) is 12.2 Å². The smallest absolute Gasteiger partial charge is 0.462 e. The second-order valence-corrected chi connectivity index (χ2v) is 30.2. The van der Waals surface area contributed by atoms with Crippen LogP contribution in [0, 0.1) is 11.8 Å². The summed E-state index contributed by atoms with van der Waals surface area (Å²) in [5.74, 6) is -0.659. The number of rotatable bonds is 72. The molecule has 0 aliphatic heterocycles. The van der Waals surface area contributed by atoms with Crippen LogP contribution in [-0.2, 0) is 65.4 Å². The van der Waals surface area contributed by atoms with Crippen LogP contribution in [0.2, 0.25) is 0 Å². The molecule has 0 rings (SSSR count). The Kier molecular flexibility index (Phi) is 63.7. The molecule has 0 heterocycles. The summed E-state index contributed by atoms with van der Waals surface area (Å²) in [6, 6.07) is 0. The minimum atomic E-state index is -4.95. The number of hydrogen-bond donors (Lipinski definition) is 3. The molecular weight excluding hydrogens is 1210 g/mol. The third-order valence-corrected chi connectivity index (χ3v) is 18.9. The SMILES string of the molecule is CCCCCCCCCCCCCCCCCCCC(=O)O[C@H](COC(=O)CCCCCCCCCCCCCCC(C)C)COP(=O)(O)OC[C@@H](O)COP(=O)(O)OC[C@@H](COC(=O)CCCCCCCCC(C)C)OC(=O)CCCCCCCCCCCCC.